The van der Waals surface area contributed by atoms with Gasteiger partial charge in [-0.2, -0.15) is 0 Å². The fourth-order valence-electron chi connectivity index (χ4n) is 3.01. The van der Waals surface area contributed by atoms with E-state index in [2.05, 4.69) is 48.4 Å². The number of rotatable bonds is 10. The van der Waals surface area contributed by atoms with E-state index in [0.29, 0.717) is 6.04 Å². The second kappa shape index (κ2) is 12.4. The van der Waals surface area contributed by atoms with Crippen LogP contribution < -0.4 is 15.4 Å². The lowest BCUT2D eigenvalue weighted by atomic mass is 10.1. The molecule has 2 N–H and O–H groups in total. The van der Waals surface area contributed by atoms with Crippen molar-refractivity contribution in [3.63, 3.8) is 0 Å². The van der Waals surface area contributed by atoms with E-state index in [4.69, 9.17) is 9.73 Å². The van der Waals surface area contributed by atoms with Gasteiger partial charge in [0.25, 0.3) is 0 Å². The van der Waals surface area contributed by atoms with Gasteiger partial charge in [0.05, 0.1) is 13.7 Å². The van der Waals surface area contributed by atoms with Crippen molar-refractivity contribution in [2.24, 2.45) is 4.99 Å². The van der Waals surface area contributed by atoms with Crippen molar-refractivity contribution in [1.29, 1.82) is 0 Å². The Bertz CT molecular complexity index is 527. The number of ether oxygens (including phenoxy) is 1. The van der Waals surface area contributed by atoms with Crippen molar-refractivity contribution in [3.8, 4) is 5.75 Å². The van der Waals surface area contributed by atoms with Crippen molar-refractivity contribution >= 4 is 29.9 Å². The maximum atomic E-state index is 5.20. The first kappa shape index (κ1) is 23.0. The topological polar surface area (TPSA) is 48.9 Å². The largest absolute Gasteiger partial charge is 0.497 e. The first-order chi connectivity index (χ1) is 12.1. The Hall–Kier alpha value is -1.02. The predicted molar refractivity (Wildman–Crippen MR) is 121 cm³/mol. The highest BCUT2D eigenvalue weighted by molar-refractivity contribution is 14.0. The van der Waals surface area contributed by atoms with Crippen molar-refractivity contribution in [2.45, 2.75) is 52.1 Å². The molecular formula is C20H35IN4O. The molecule has 0 saturated heterocycles. The van der Waals surface area contributed by atoms with Crippen molar-refractivity contribution in [1.82, 2.24) is 15.5 Å². The quantitative estimate of drug-likeness (QED) is 0.311. The highest BCUT2D eigenvalue weighted by Crippen LogP contribution is 2.28. The Kier molecular flexibility index (Phi) is 11.0. The number of methoxy groups -OCH3 is 1. The summed E-state index contributed by atoms with van der Waals surface area (Å²) in [5, 5.41) is 6.77. The third-order valence-corrected chi connectivity index (χ3v) is 4.52. The number of nitrogens with zero attached hydrogens (tertiary/aromatic N) is 2. The second-order valence-corrected chi connectivity index (χ2v) is 6.85. The molecule has 148 valence electrons. The summed E-state index contributed by atoms with van der Waals surface area (Å²) in [7, 11) is 1.69. The van der Waals surface area contributed by atoms with E-state index < -0.39 is 0 Å². The molecule has 0 atom stereocenters. The molecular weight excluding hydrogens is 439 g/mol. The summed E-state index contributed by atoms with van der Waals surface area (Å²) in [5.74, 6) is 1.81. The zero-order valence-electron chi connectivity index (χ0n) is 16.6. The third kappa shape index (κ3) is 8.12. The summed E-state index contributed by atoms with van der Waals surface area (Å²) in [6, 6.07) is 9.63. The zero-order chi connectivity index (χ0) is 18.1. The van der Waals surface area contributed by atoms with Crippen LogP contribution in [0.25, 0.3) is 0 Å². The van der Waals surface area contributed by atoms with Crippen LogP contribution in [0.3, 0.4) is 0 Å². The minimum Gasteiger partial charge on any atom is -0.497 e. The van der Waals surface area contributed by atoms with E-state index in [-0.39, 0.29) is 24.0 Å². The molecule has 0 spiro atoms. The summed E-state index contributed by atoms with van der Waals surface area (Å²) in [4.78, 5) is 7.31. The Morgan fingerprint density at radius 3 is 2.46 bits per heavy atom. The van der Waals surface area contributed by atoms with Gasteiger partial charge in [0.15, 0.2) is 5.96 Å². The summed E-state index contributed by atoms with van der Waals surface area (Å²) >= 11 is 0. The van der Waals surface area contributed by atoms with Gasteiger partial charge < -0.3 is 15.4 Å². The first-order valence-corrected chi connectivity index (χ1v) is 9.55. The SMILES string of the molecule is CCNC(=NCCN(C(C)C)C1CC1)NCCc1ccc(OC)cc1.I. The van der Waals surface area contributed by atoms with Gasteiger partial charge in [0, 0.05) is 31.7 Å². The summed E-state index contributed by atoms with van der Waals surface area (Å²) in [6.45, 7) is 10.3. The predicted octanol–water partition coefficient (Wildman–Crippen LogP) is 3.28. The molecule has 1 fully saturated rings. The Balaban J connectivity index is 0.00000338. The monoisotopic (exact) mass is 474 g/mol. The van der Waals surface area contributed by atoms with Crippen LogP contribution in [-0.4, -0.2) is 56.2 Å². The standard InChI is InChI=1S/C20H34N4O.HI/c1-5-21-20(23-14-15-24(16(2)3)18-8-9-18)22-13-12-17-6-10-19(25-4)11-7-17;/h6-7,10-11,16,18H,5,8-9,12-15H2,1-4H3,(H2,21,22,23);1H. The van der Waals surface area contributed by atoms with Crippen LogP contribution in [-0.2, 0) is 6.42 Å². The Morgan fingerprint density at radius 2 is 1.92 bits per heavy atom. The zero-order valence-corrected chi connectivity index (χ0v) is 19.0. The van der Waals surface area contributed by atoms with Crippen molar-refractivity contribution in [3.05, 3.63) is 29.8 Å². The minimum absolute atomic E-state index is 0. The molecule has 6 heteroatoms. The summed E-state index contributed by atoms with van der Waals surface area (Å²) in [6.07, 6.45) is 3.67. The number of nitrogens with one attached hydrogen (secondary N) is 2. The maximum absolute atomic E-state index is 5.20. The van der Waals surface area contributed by atoms with Crippen LogP contribution in [0.15, 0.2) is 29.3 Å². The van der Waals surface area contributed by atoms with Crippen molar-refractivity contribution in [2.75, 3.05) is 33.3 Å². The first-order valence-electron chi connectivity index (χ1n) is 9.55. The number of guanidine groups is 1. The molecule has 0 amide bonds. The van der Waals surface area contributed by atoms with Crippen LogP contribution >= 0.6 is 24.0 Å². The maximum Gasteiger partial charge on any atom is 0.191 e. The molecule has 1 aliphatic carbocycles. The molecule has 5 nitrogen and oxygen atoms in total. The molecule has 0 aromatic heterocycles. The van der Waals surface area contributed by atoms with Crippen LogP contribution in [0, 0.1) is 0 Å². The average molecular weight is 474 g/mol. The molecule has 0 aliphatic heterocycles. The lowest BCUT2D eigenvalue weighted by Crippen LogP contribution is -2.40. The van der Waals surface area contributed by atoms with E-state index in [0.717, 1.165) is 50.4 Å². The van der Waals surface area contributed by atoms with E-state index >= 15 is 0 Å². The molecule has 0 radical (unpaired) electrons. The lowest BCUT2D eigenvalue weighted by molar-refractivity contribution is 0.218. The molecule has 1 aliphatic rings. The number of aliphatic imine (C=N–C) groups is 1. The summed E-state index contributed by atoms with van der Waals surface area (Å²) < 4.78 is 5.20. The van der Waals surface area contributed by atoms with Gasteiger partial charge in [-0.15, -0.1) is 24.0 Å². The number of hydrogen-bond acceptors (Lipinski definition) is 3. The molecule has 26 heavy (non-hydrogen) atoms. The minimum atomic E-state index is 0. The Labute approximate surface area is 176 Å². The van der Waals surface area contributed by atoms with Crippen LogP contribution in [0.1, 0.15) is 39.2 Å². The number of benzene rings is 1. The van der Waals surface area contributed by atoms with Crippen LogP contribution in [0.5, 0.6) is 5.75 Å². The van der Waals surface area contributed by atoms with Crippen molar-refractivity contribution < 1.29 is 4.74 Å². The van der Waals surface area contributed by atoms with Gasteiger partial charge in [0.2, 0.25) is 0 Å². The van der Waals surface area contributed by atoms with Gasteiger partial charge >= 0.3 is 0 Å². The number of hydrogen-bond donors (Lipinski definition) is 2. The molecule has 0 heterocycles. The Morgan fingerprint density at radius 1 is 1.23 bits per heavy atom. The molecule has 2 rings (SSSR count). The van der Waals surface area contributed by atoms with Gasteiger partial charge in [-0.05, 0) is 57.7 Å². The second-order valence-electron chi connectivity index (χ2n) is 6.85. The molecule has 1 aromatic carbocycles. The van der Waals surface area contributed by atoms with Gasteiger partial charge in [-0.1, -0.05) is 12.1 Å². The fourth-order valence-corrected chi connectivity index (χ4v) is 3.01. The lowest BCUT2D eigenvalue weighted by Gasteiger charge is -2.25. The molecule has 0 bridgehead atoms. The smallest absolute Gasteiger partial charge is 0.191 e. The number of halogens is 1. The molecule has 1 saturated carbocycles. The average Bonchev–Trinajstić information content (AvgIpc) is 3.43. The highest BCUT2D eigenvalue weighted by Gasteiger charge is 2.29. The van der Waals surface area contributed by atoms with Crippen LogP contribution in [0.2, 0.25) is 0 Å². The summed E-state index contributed by atoms with van der Waals surface area (Å²) in [5.41, 5.74) is 1.30. The van der Waals surface area contributed by atoms with E-state index in [1.165, 1.54) is 18.4 Å². The van der Waals surface area contributed by atoms with Gasteiger partial charge in [-0.25, -0.2) is 0 Å². The molecule has 1 aromatic rings. The highest BCUT2D eigenvalue weighted by atomic mass is 127. The fraction of sp³-hybridized carbons (Fsp3) is 0.650. The van der Waals surface area contributed by atoms with E-state index in [1.54, 1.807) is 7.11 Å². The molecule has 0 unspecified atom stereocenters. The van der Waals surface area contributed by atoms with E-state index in [1.807, 2.05) is 12.1 Å². The normalized spacial score (nSPS) is 14.3. The van der Waals surface area contributed by atoms with E-state index in [9.17, 15) is 0 Å². The third-order valence-electron chi connectivity index (χ3n) is 4.52. The van der Waals surface area contributed by atoms with Crippen LogP contribution in [0.4, 0.5) is 0 Å². The van der Waals surface area contributed by atoms with Gasteiger partial charge in [-0.3, -0.25) is 9.89 Å². The van der Waals surface area contributed by atoms with Gasteiger partial charge in [0.1, 0.15) is 5.75 Å².